The van der Waals surface area contributed by atoms with E-state index in [0.717, 1.165) is 45.7 Å². The van der Waals surface area contributed by atoms with Gasteiger partial charge in [-0.15, -0.1) is 0 Å². The zero-order valence-corrected chi connectivity index (χ0v) is 30.9. The molecule has 0 aliphatic carbocycles. The monoisotopic (exact) mass is 716 g/mol. The molecule has 2 unspecified atom stereocenters. The quantitative estimate of drug-likeness (QED) is 0.175. The van der Waals surface area contributed by atoms with Crippen LogP contribution in [-0.2, 0) is 0 Å². The van der Waals surface area contributed by atoms with Gasteiger partial charge in [0.25, 0.3) is 0 Å². The van der Waals surface area contributed by atoms with E-state index in [1.165, 1.54) is 65.8 Å². The van der Waals surface area contributed by atoms with Crippen molar-refractivity contribution in [1.82, 2.24) is 14.0 Å². The number of fused-ring (bicyclic) bond motifs is 5. The Bertz CT molecular complexity index is 3340. The van der Waals surface area contributed by atoms with Gasteiger partial charge in [0.05, 0.1) is 39.0 Å². The van der Waals surface area contributed by atoms with Gasteiger partial charge in [0.1, 0.15) is 5.82 Å². The molecule has 1 aliphatic heterocycles. The number of rotatable bonds is 5. The Kier molecular flexibility index (Phi) is 6.70. The van der Waals surface area contributed by atoms with Gasteiger partial charge in [-0.05, 0) is 87.8 Å². The third kappa shape index (κ3) is 4.41. The van der Waals surface area contributed by atoms with Crippen molar-refractivity contribution in [1.29, 1.82) is 0 Å². The smallest absolute Gasteiger partial charge is 0.145 e. The van der Waals surface area contributed by atoms with E-state index in [1.807, 2.05) is 0 Å². The van der Waals surface area contributed by atoms with Crippen LogP contribution in [0.2, 0.25) is 0 Å². The van der Waals surface area contributed by atoms with Gasteiger partial charge in [-0.1, -0.05) is 134 Å². The zero-order chi connectivity index (χ0) is 36.9. The summed E-state index contributed by atoms with van der Waals surface area (Å²) in [6, 6.07) is 64.1. The van der Waals surface area contributed by atoms with E-state index in [9.17, 15) is 0 Å². The molecule has 8 aromatic carbocycles. The van der Waals surface area contributed by atoms with Crippen LogP contribution in [0.25, 0.3) is 77.0 Å². The lowest BCUT2D eigenvalue weighted by molar-refractivity contribution is 0.578. The number of hydrogen-bond donors (Lipinski definition) is 0. The standard InChI is InChI=1S/C52H36N4/c1-2-38-47(32-15-6-3-7-16-32)41-30-36-29-37(26-25-35(36)31-43(41)53-50(38)33-17-8-4-9-18-33)55-45-24-14-22-40-39-21-12-13-23-44(39)56-51-42(27-28-46(55)49(51)48(40)45)54-52(56)34-19-10-5-11-20-34/h3-31,38,47H,2H2,1H3. The molecule has 0 fully saturated rings. The Hall–Kier alpha value is -7.04. The van der Waals surface area contributed by atoms with Crippen LogP contribution in [0.3, 0.4) is 0 Å². The molecular weight excluding hydrogens is 681 g/mol. The van der Waals surface area contributed by atoms with Crippen LogP contribution in [0.1, 0.15) is 36.0 Å². The van der Waals surface area contributed by atoms with Crippen molar-refractivity contribution >= 4 is 71.3 Å². The molecule has 4 heteroatoms. The molecule has 0 saturated heterocycles. The van der Waals surface area contributed by atoms with Crippen LogP contribution in [0.4, 0.5) is 5.69 Å². The minimum atomic E-state index is 0.193. The number of benzene rings is 8. The largest absolute Gasteiger partial charge is 0.309 e. The van der Waals surface area contributed by atoms with Crippen LogP contribution < -0.4 is 0 Å². The van der Waals surface area contributed by atoms with Gasteiger partial charge >= 0.3 is 0 Å². The topological polar surface area (TPSA) is 34.6 Å². The highest BCUT2D eigenvalue weighted by Crippen LogP contribution is 2.48. The minimum Gasteiger partial charge on any atom is -0.309 e. The summed E-state index contributed by atoms with van der Waals surface area (Å²) < 4.78 is 4.87. The Morgan fingerprint density at radius 1 is 0.554 bits per heavy atom. The molecule has 1 aliphatic rings. The Balaban J connectivity index is 1.13. The lowest BCUT2D eigenvalue weighted by Crippen LogP contribution is -2.27. The average molecular weight is 717 g/mol. The fourth-order valence-corrected chi connectivity index (χ4v) is 9.87. The minimum absolute atomic E-state index is 0.193. The van der Waals surface area contributed by atoms with E-state index < -0.39 is 0 Å². The number of hydrogen-bond acceptors (Lipinski definition) is 2. The highest BCUT2D eigenvalue weighted by molar-refractivity contribution is 6.30. The average Bonchev–Trinajstić information content (AvgIpc) is 3.78. The molecule has 0 saturated carbocycles. The SMILES string of the molecule is CCC1C(c2ccccc2)=Nc2cc3ccc(-n4c5cccc6c7ccccc7n7c(-c8ccccc8)nc8ccc4c(c65)c87)cc3cc2C1c1ccccc1. The summed E-state index contributed by atoms with van der Waals surface area (Å²) in [5.74, 6) is 1.41. The number of aliphatic imine (C=N–C) groups is 1. The normalized spacial score (nSPS) is 15.8. The summed E-state index contributed by atoms with van der Waals surface area (Å²) in [4.78, 5) is 10.8. The maximum absolute atomic E-state index is 5.45. The van der Waals surface area contributed by atoms with Crippen molar-refractivity contribution in [3.05, 3.63) is 193 Å². The first-order chi connectivity index (χ1) is 27.7. The molecule has 0 radical (unpaired) electrons. The van der Waals surface area contributed by atoms with Crippen molar-refractivity contribution in [3.63, 3.8) is 0 Å². The zero-order valence-electron chi connectivity index (χ0n) is 30.9. The van der Waals surface area contributed by atoms with Crippen LogP contribution in [0.5, 0.6) is 0 Å². The number of imidazole rings is 1. The maximum Gasteiger partial charge on any atom is 0.145 e. The molecular formula is C52H36N4. The number of para-hydroxylation sites is 1. The summed E-state index contributed by atoms with van der Waals surface area (Å²) in [6.07, 6.45) is 0.995. The predicted octanol–water partition coefficient (Wildman–Crippen LogP) is 13.3. The number of nitrogens with zero attached hydrogens (tertiary/aromatic N) is 4. The molecule has 264 valence electrons. The van der Waals surface area contributed by atoms with E-state index in [2.05, 4.69) is 192 Å². The van der Waals surface area contributed by atoms with Crippen molar-refractivity contribution in [3.8, 4) is 17.1 Å². The fourth-order valence-electron chi connectivity index (χ4n) is 9.87. The molecule has 12 rings (SSSR count). The van der Waals surface area contributed by atoms with E-state index in [4.69, 9.17) is 9.98 Å². The highest BCUT2D eigenvalue weighted by atomic mass is 15.0. The fraction of sp³-hybridized carbons (Fsp3) is 0.0769. The van der Waals surface area contributed by atoms with E-state index in [-0.39, 0.29) is 11.8 Å². The third-order valence-electron chi connectivity index (χ3n) is 12.3. The van der Waals surface area contributed by atoms with Gasteiger partial charge in [-0.2, -0.15) is 0 Å². The Morgan fingerprint density at radius 2 is 1.25 bits per heavy atom. The summed E-state index contributed by atoms with van der Waals surface area (Å²) >= 11 is 0. The van der Waals surface area contributed by atoms with Crippen molar-refractivity contribution in [2.75, 3.05) is 0 Å². The molecule has 0 spiro atoms. The van der Waals surface area contributed by atoms with E-state index in [1.54, 1.807) is 0 Å². The first kappa shape index (κ1) is 31.3. The van der Waals surface area contributed by atoms with Crippen LogP contribution >= 0.6 is 0 Å². The summed E-state index contributed by atoms with van der Waals surface area (Å²) in [7, 11) is 0. The Morgan fingerprint density at radius 3 is 2.05 bits per heavy atom. The number of aromatic nitrogens is 3. The van der Waals surface area contributed by atoms with Gasteiger partial charge in [0, 0.05) is 39.2 Å². The molecule has 3 aromatic heterocycles. The molecule has 0 N–H and O–H groups in total. The first-order valence-corrected chi connectivity index (χ1v) is 19.7. The van der Waals surface area contributed by atoms with Crippen molar-refractivity contribution in [2.45, 2.75) is 19.3 Å². The van der Waals surface area contributed by atoms with Crippen LogP contribution in [-0.4, -0.2) is 19.7 Å². The van der Waals surface area contributed by atoms with Gasteiger partial charge in [0.2, 0.25) is 0 Å². The lowest BCUT2D eigenvalue weighted by atomic mass is 9.72. The highest BCUT2D eigenvalue weighted by Gasteiger charge is 2.34. The predicted molar refractivity (Wildman–Crippen MR) is 233 cm³/mol. The second kappa shape index (κ2) is 12.0. The van der Waals surface area contributed by atoms with Gasteiger partial charge in [0.15, 0.2) is 0 Å². The first-order valence-electron chi connectivity index (χ1n) is 19.7. The molecule has 2 atom stereocenters. The lowest BCUT2D eigenvalue weighted by Gasteiger charge is -2.34. The molecule has 4 nitrogen and oxygen atoms in total. The Labute approximate surface area is 324 Å². The third-order valence-corrected chi connectivity index (χ3v) is 12.3. The van der Waals surface area contributed by atoms with E-state index in [0.29, 0.717) is 0 Å². The van der Waals surface area contributed by atoms with Crippen molar-refractivity contribution < 1.29 is 0 Å². The van der Waals surface area contributed by atoms with Crippen LogP contribution in [0.15, 0.2) is 181 Å². The molecule has 4 heterocycles. The summed E-state index contributed by atoms with van der Waals surface area (Å²) in [6.45, 7) is 2.30. The molecule has 56 heavy (non-hydrogen) atoms. The van der Waals surface area contributed by atoms with Gasteiger partial charge < -0.3 is 4.57 Å². The van der Waals surface area contributed by atoms with Gasteiger partial charge in [-0.3, -0.25) is 9.39 Å². The summed E-state index contributed by atoms with van der Waals surface area (Å²) in [5.41, 5.74) is 14.0. The van der Waals surface area contributed by atoms with Crippen molar-refractivity contribution in [2.24, 2.45) is 10.9 Å². The molecule has 0 amide bonds. The van der Waals surface area contributed by atoms with Gasteiger partial charge in [-0.25, -0.2) is 4.98 Å². The van der Waals surface area contributed by atoms with E-state index >= 15 is 0 Å². The van der Waals surface area contributed by atoms with Crippen LogP contribution in [0, 0.1) is 5.92 Å². The second-order valence-corrected chi connectivity index (χ2v) is 15.2. The molecule has 0 bridgehead atoms. The maximum atomic E-state index is 5.45. The second-order valence-electron chi connectivity index (χ2n) is 15.2. The molecule has 11 aromatic rings. The summed E-state index contributed by atoms with van der Waals surface area (Å²) in [5, 5.41) is 7.37.